The average Bonchev–Trinajstić information content (AvgIpc) is 2.96. The lowest BCUT2D eigenvalue weighted by atomic mass is 10.0. The van der Waals surface area contributed by atoms with Gasteiger partial charge in [0.2, 0.25) is 0 Å². The van der Waals surface area contributed by atoms with Gasteiger partial charge in [-0.15, -0.1) is 0 Å². The van der Waals surface area contributed by atoms with Gasteiger partial charge >= 0.3 is 0 Å². The number of phenols is 1. The SMILES string of the molecule is CN1CCN(Cc2ccc(-c3cc(Cl)c(O)c(C(=O)NCc4ncc(F)c(N5CCOCC5)n4)c3)cc2)CC1. The first-order valence-corrected chi connectivity index (χ1v) is 13.4. The molecule has 0 unspecified atom stereocenters. The second-order valence-electron chi connectivity index (χ2n) is 9.87. The lowest BCUT2D eigenvalue weighted by Crippen LogP contribution is -2.43. The van der Waals surface area contributed by atoms with E-state index in [1.165, 1.54) is 5.56 Å². The number of piperazine rings is 1. The van der Waals surface area contributed by atoms with E-state index in [-0.39, 0.29) is 34.5 Å². The molecule has 2 aliphatic heterocycles. The maximum atomic E-state index is 14.3. The Bertz CT molecular complexity index is 1310. The summed E-state index contributed by atoms with van der Waals surface area (Å²) in [6.45, 7) is 7.09. The van der Waals surface area contributed by atoms with Gasteiger partial charge in [0.25, 0.3) is 5.91 Å². The smallest absolute Gasteiger partial charge is 0.255 e. The van der Waals surface area contributed by atoms with Crippen LogP contribution >= 0.6 is 11.6 Å². The maximum absolute atomic E-state index is 14.3. The van der Waals surface area contributed by atoms with E-state index in [0.717, 1.165) is 44.5 Å². The highest BCUT2D eigenvalue weighted by molar-refractivity contribution is 6.33. The van der Waals surface area contributed by atoms with Crippen molar-refractivity contribution >= 4 is 23.3 Å². The van der Waals surface area contributed by atoms with E-state index in [1.807, 2.05) is 12.1 Å². The highest BCUT2D eigenvalue weighted by atomic mass is 35.5. The van der Waals surface area contributed by atoms with Crippen LogP contribution < -0.4 is 10.2 Å². The van der Waals surface area contributed by atoms with Gasteiger partial charge in [-0.05, 0) is 35.9 Å². The third-order valence-electron chi connectivity index (χ3n) is 7.09. The summed E-state index contributed by atoms with van der Waals surface area (Å²) in [4.78, 5) is 27.9. The number of nitrogens with one attached hydrogen (secondary N) is 1. The lowest BCUT2D eigenvalue weighted by Gasteiger charge is -2.32. The molecule has 206 valence electrons. The summed E-state index contributed by atoms with van der Waals surface area (Å²) >= 11 is 6.30. The van der Waals surface area contributed by atoms with Crippen LogP contribution in [-0.2, 0) is 17.8 Å². The van der Waals surface area contributed by atoms with Crippen molar-refractivity contribution in [3.8, 4) is 16.9 Å². The zero-order valence-electron chi connectivity index (χ0n) is 21.9. The van der Waals surface area contributed by atoms with Crippen LogP contribution in [0.1, 0.15) is 21.7 Å². The molecule has 0 saturated carbocycles. The third-order valence-corrected chi connectivity index (χ3v) is 7.38. The number of likely N-dealkylation sites (N-methyl/N-ethyl adjacent to an activating group) is 1. The minimum absolute atomic E-state index is 0.0366. The second kappa shape index (κ2) is 12.3. The monoisotopic (exact) mass is 554 g/mol. The van der Waals surface area contributed by atoms with E-state index in [9.17, 15) is 14.3 Å². The fourth-order valence-corrected chi connectivity index (χ4v) is 4.96. The summed E-state index contributed by atoms with van der Waals surface area (Å²) in [5.41, 5.74) is 2.84. The highest BCUT2D eigenvalue weighted by Gasteiger charge is 2.20. The summed E-state index contributed by atoms with van der Waals surface area (Å²) in [5, 5.41) is 13.3. The fourth-order valence-electron chi connectivity index (χ4n) is 4.74. The second-order valence-corrected chi connectivity index (χ2v) is 10.3. The van der Waals surface area contributed by atoms with E-state index >= 15 is 0 Å². The minimum atomic E-state index is -0.538. The van der Waals surface area contributed by atoms with E-state index in [4.69, 9.17) is 16.3 Å². The Balaban J connectivity index is 1.27. The first kappa shape index (κ1) is 27.3. The molecule has 0 radical (unpaired) electrons. The topological polar surface area (TPSA) is 94.1 Å². The number of aromatic hydroxyl groups is 1. The zero-order chi connectivity index (χ0) is 27.4. The van der Waals surface area contributed by atoms with Crippen LogP contribution in [0, 0.1) is 5.82 Å². The van der Waals surface area contributed by atoms with Crippen molar-refractivity contribution < 1.29 is 19.0 Å². The molecule has 0 aliphatic carbocycles. The standard InChI is InChI=1S/C28H32ClFN6O3/c1-34-6-8-35(9-7-34)18-19-2-4-20(5-3-19)21-14-22(26(37)23(29)15-21)28(38)32-17-25-31-16-24(30)27(33-25)36-10-12-39-13-11-36/h2-5,14-16,37H,6-13,17-18H2,1H3,(H,32,38). The van der Waals surface area contributed by atoms with Crippen molar-refractivity contribution in [2.24, 2.45) is 0 Å². The predicted molar refractivity (Wildman–Crippen MR) is 148 cm³/mol. The molecule has 2 saturated heterocycles. The molecule has 9 nitrogen and oxygen atoms in total. The van der Waals surface area contributed by atoms with E-state index in [0.29, 0.717) is 31.9 Å². The van der Waals surface area contributed by atoms with Gasteiger partial charge in [-0.25, -0.2) is 14.4 Å². The van der Waals surface area contributed by atoms with Gasteiger partial charge in [0.15, 0.2) is 11.6 Å². The van der Waals surface area contributed by atoms with E-state index in [2.05, 4.69) is 44.3 Å². The molecule has 0 bridgehead atoms. The molecule has 3 aromatic rings. The molecule has 5 rings (SSSR count). The molecule has 39 heavy (non-hydrogen) atoms. The van der Waals surface area contributed by atoms with Crippen molar-refractivity contribution in [2.45, 2.75) is 13.1 Å². The largest absolute Gasteiger partial charge is 0.506 e. The van der Waals surface area contributed by atoms with Gasteiger partial charge in [-0.2, -0.15) is 0 Å². The number of morpholine rings is 1. The number of anilines is 1. The number of nitrogens with zero attached hydrogens (tertiary/aromatic N) is 5. The van der Waals surface area contributed by atoms with Crippen molar-refractivity contribution in [1.82, 2.24) is 25.1 Å². The molecule has 3 heterocycles. The van der Waals surface area contributed by atoms with Gasteiger partial charge in [-0.1, -0.05) is 35.9 Å². The molecular formula is C28H32ClFN6O3. The molecular weight excluding hydrogens is 523 g/mol. The third kappa shape index (κ3) is 6.65. The van der Waals surface area contributed by atoms with Crippen LogP contribution in [0.5, 0.6) is 5.75 Å². The quantitative estimate of drug-likeness (QED) is 0.460. The Morgan fingerprint density at radius 1 is 1.08 bits per heavy atom. The summed E-state index contributed by atoms with van der Waals surface area (Å²) in [7, 11) is 2.14. The summed E-state index contributed by atoms with van der Waals surface area (Å²) in [6.07, 6.45) is 1.10. The number of amides is 1. The van der Waals surface area contributed by atoms with Gasteiger partial charge in [0, 0.05) is 45.8 Å². The Morgan fingerprint density at radius 3 is 2.51 bits per heavy atom. The van der Waals surface area contributed by atoms with Crippen LogP contribution in [0.15, 0.2) is 42.6 Å². The molecule has 1 aromatic heterocycles. The molecule has 11 heteroatoms. The molecule has 1 amide bonds. The van der Waals surface area contributed by atoms with E-state index < -0.39 is 11.7 Å². The van der Waals surface area contributed by atoms with Crippen LogP contribution in [0.25, 0.3) is 11.1 Å². The Kier molecular flexibility index (Phi) is 8.56. The van der Waals surface area contributed by atoms with Crippen molar-refractivity contribution in [3.63, 3.8) is 0 Å². The number of phenolic OH excluding ortho intramolecular Hbond substituents is 1. The van der Waals surface area contributed by atoms with E-state index in [1.54, 1.807) is 17.0 Å². The number of aromatic nitrogens is 2. The average molecular weight is 555 g/mol. The molecule has 0 atom stereocenters. The van der Waals surface area contributed by atoms with Gasteiger partial charge in [0.05, 0.1) is 36.5 Å². The van der Waals surface area contributed by atoms with Gasteiger partial charge < -0.3 is 25.0 Å². The molecule has 0 spiro atoms. The summed E-state index contributed by atoms with van der Waals surface area (Å²) in [5.74, 6) is -0.938. The Morgan fingerprint density at radius 2 is 1.79 bits per heavy atom. The molecule has 2 aromatic carbocycles. The Labute approximate surface area is 232 Å². The van der Waals surface area contributed by atoms with Crippen molar-refractivity contribution in [2.75, 3.05) is 64.4 Å². The Hall–Kier alpha value is -3.31. The number of carbonyl (C=O) groups is 1. The maximum Gasteiger partial charge on any atom is 0.255 e. The number of rotatable bonds is 7. The summed E-state index contributed by atoms with van der Waals surface area (Å²) < 4.78 is 19.6. The molecule has 2 fully saturated rings. The van der Waals surface area contributed by atoms with Gasteiger partial charge in [0.1, 0.15) is 11.6 Å². The van der Waals surface area contributed by atoms with Crippen LogP contribution in [0.2, 0.25) is 5.02 Å². The number of hydrogen-bond acceptors (Lipinski definition) is 8. The number of halogens is 2. The minimum Gasteiger partial charge on any atom is -0.506 e. The number of hydrogen-bond donors (Lipinski definition) is 2. The van der Waals surface area contributed by atoms with Crippen molar-refractivity contribution in [1.29, 1.82) is 0 Å². The number of ether oxygens (including phenoxy) is 1. The van der Waals surface area contributed by atoms with Gasteiger partial charge in [-0.3, -0.25) is 9.69 Å². The van der Waals surface area contributed by atoms with Crippen LogP contribution in [-0.4, -0.2) is 90.3 Å². The highest BCUT2D eigenvalue weighted by Crippen LogP contribution is 2.34. The van der Waals surface area contributed by atoms with Crippen LogP contribution in [0.4, 0.5) is 10.2 Å². The predicted octanol–water partition coefficient (Wildman–Crippen LogP) is 3.16. The number of benzene rings is 2. The van der Waals surface area contributed by atoms with Crippen molar-refractivity contribution in [3.05, 3.63) is 70.4 Å². The normalized spacial score (nSPS) is 16.8. The fraction of sp³-hybridized carbons (Fsp3) is 0.393. The molecule has 2 N–H and O–H groups in total. The summed E-state index contributed by atoms with van der Waals surface area (Å²) in [6, 6.07) is 11.4. The number of carbonyl (C=O) groups excluding carboxylic acids is 1. The molecule has 2 aliphatic rings. The zero-order valence-corrected chi connectivity index (χ0v) is 22.6. The first-order valence-electron chi connectivity index (χ1n) is 13.0. The lowest BCUT2D eigenvalue weighted by molar-refractivity contribution is 0.0947. The first-order chi connectivity index (χ1) is 18.9. The van der Waals surface area contributed by atoms with Crippen LogP contribution in [0.3, 0.4) is 0 Å².